The van der Waals surface area contributed by atoms with Crippen LogP contribution in [-0.4, -0.2) is 43.7 Å². The van der Waals surface area contributed by atoms with Crippen molar-refractivity contribution in [3.63, 3.8) is 0 Å². The minimum atomic E-state index is 0.00381. The van der Waals surface area contributed by atoms with Gasteiger partial charge in [-0.25, -0.2) is 0 Å². The van der Waals surface area contributed by atoms with Gasteiger partial charge in [0.15, 0.2) is 0 Å². The molecule has 5 nitrogen and oxygen atoms in total. The fourth-order valence-electron chi connectivity index (χ4n) is 2.42. The number of benzene rings is 1. The molecular formula is C15H23N3O2. The van der Waals surface area contributed by atoms with Crippen LogP contribution in [-0.2, 0) is 9.53 Å². The second-order valence-corrected chi connectivity index (χ2v) is 5.33. The van der Waals surface area contributed by atoms with Gasteiger partial charge in [-0.15, -0.1) is 0 Å². The van der Waals surface area contributed by atoms with Gasteiger partial charge in [-0.05, 0) is 37.5 Å². The van der Waals surface area contributed by atoms with Crippen LogP contribution < -0.4 is 11.1 Å². The Hall–Kier alpha value is -1.59. The van der Waals surface area contributed by atoms with Gasteiger partial charge in [0.25, 0.3) is 0 Å². The third-order valence-electron chi connectivity index (χ3n) is 3.80. The van der Waals surface area contributed by atoms with Gasteiger partial charge in [0.1, 0.15) is 0 Å². The molecule has 1 saturated heterocycles. The molecule has 20 heavy (non-hydrogen) atoms. The number of nitrogens with one attached hydrogen (secondary N) is 1. The van der Waals surface area contributed by atoms with Crippen LogP contribution in [0.15, 0.2) is 18.2 Å². The van der Waals surface area contributed by atoms with Crippen molar-refractivity contribution in [2.45, 2.75) is 25.9 Å². The van der Waals surface area contributed by atoms with Crippen LogP contribution in [0, 0.1) is 6.92 Å². The van der Waals surface area contributed by atoms with Crippen molar-refractivity contribution >= 4 is 17.3 Å². The maximum Gasteiger partial charge on any atom is 0.238 e. The highest BCUT2D eigenvalue weighted by molar-refractivity contribution is 5.92. The standard InChI is InChI=1S/C15H23N3O2/c1-11-3-4-12(9-14(11)16)17-15(19)10-18-7-5-13(20-2)6-8-18/h3-4,9,13H,5-8,10,16H2,1-2H3,(H,17,19). The summed E-state index contributed by atoms with van der Waals surface area (Å²) in [5.74, 6) is 0.00381. The molecule has 0 atom stereocenters. The third-order valence-corrected chi connectivity index (χ3v) is 3.80. The molecule has 3 N–H and O–H groups in total. The maximum atomic E-state index is 12.0. The van der Waals surface area contributed by atoms with Crippen molar-refractivity contribution in [2.24, 2.45) is 0 Å². The van der Waals surface area contributed by atoms with E-state index in [0.717, 1.165) is 37.2 Å². The lowest BCUT2D eigenvalue weighted by molar-refractivity contribution is -0.117. The van der Waals surface area contributed by atoms with E-state index in [1.54, 1.807) is 13.2 Å². The molecule has 0 aromatic heterocycles. The monoisotopic (exact) mass is 277 g/mol. The summed E-state index contributed by atoms with van der Waals surface area (Å²) >= 11 is 0. The molecule has 1 aliphatic heterocycles. The number of anilines is 2. The van der Waals surface area contributed by atoms with Gasteiger partial charge < -0.3 is 15.8 Å². The van der Waals surface area contributed by atoms with Gasteiger partial charge in [-0.3, -0.25) is 9.69 Å². The van der Waals surface area contributed by atoms with Crippen molar-refractivity contribution in [3.8, 4) is 0 Å². The van der Waals surface area contributed by atoms with E-state index in [1.165, 1.54) is 0 Å². The molecule has 2 rings (SSSR count). The number of nitrogen functional groups attached to an aromatic ring is 1. The molecule has 1 aliphatic rings. The third kappa shape index (κ3) is 3.95. The van der Waals surface area contributed by atoms with Gasteiger partial charge in [0, 0.05) is 31.6 Å². The Balaban J connectivity index is 1.82. The summed E-state index contributed by atoms with van der Waals surface area (Å²) in [6, 6.07) is 5.58. The number of methoxy groups -OCH3 is 1. The highest BCUT2D eigenvalue weighted by atomic mass is 16.5. The van der Waals surface area contributed by atoms with Crippen LogP contribution in [0.25, 0.3) is 0 Å². The van der Waals surface area contributed by atoms with E-state index in [-0.39, 0.29) is 5.91 Å². The molecule has 1 amide bonds. The van der Waals surface area contributed by atoms with E-state index in [1.807, 2.05) is 19.1 Å². The quantitative estimate of drug-likeness (QED) is 0.821. The molecule has 0 radical (unpaired) electrons. The number of nitrogens with two attached hydrogens (primary N) is 1. The Bertz CT molecular complexity index is 468. The Labute approximate surface area is 120 Å². The highest BCUT2D eigenvalue weighted by Crippen LogP contribution is 2.17. The zero-order valence-corrected chi connectivity index (χ0v) is 12.2. The second-order valence-electron chi connectivity index (χ2n) is 5.33. The summed E-state index contributed by atoms with van der Waals surface area (Å²) in [4.78, 5) is 14.2. The largest absolute Gasteiger partial charge is 0.398 e. The number of carbonyl (C=O) groups excluding carboxylic acids is 1. The van der Waals surface area contributed by atoms with Crippen LogP contribution in [0.4, 0.5) is 11.4 Å². The molecule has 1 heterocycles. The van der Waals surface area contributed by atoms with Crippen LogP contribution >= 0.6 is 0 Å². The smallest absolute Gasteiger partial charge is 0.238 e. The number of rotatable bonds is 4. The Kier molecular flexibility index (Phi) is 4.98. The molecule has 1 aromatic carbocycles. The predicted molar refractivity (Wildman–Crippen MR) is 80.7 cm³/mol. The minimum Gasteiger partial charge on any atom is -0.398 e. The zero-order valence-electron chi connectivity index (χ0n) is 12.2. The van der Waals surface area contributed by atoms with Crippen molar-refractivity contribution in [1.82, 2.24) is 4.90 Å². The van der Waals surface area contributed by atoms with Crippen molar-refractivity contribution < 1.29 is 9.53 Å². The summed E-state index contributed by atoms with van der Waals surface area (Å²) < 4.78 is 5.32. The maximum absolute atomic E-state index is 12.0. The van der Waals surface area contributed by atoms with E-state index in [2.05, 4.69) is 10.2 Å². The Morgan fingerprint density at radius 2 is 2.15 bits per heavy atom. The first-order valence-corrected chi connectivity index (χ1v) is 6.99. The molecule has 5 heteroatoms. The number of hydrogen-bond donors (Lipinski definition) is 2. The van der Waals surface area contributed by atoms with Crippen molar-refractivity contribution in [3.05, 3.63) is 23.8 Å². The van der Waals surface area contributed by atoms with Crippen molar-refractivity contribution in [1.29, 1.82) is 0 Å². The lowest BCUT2D eigenvalue weighted by Crippen LogP contribution is -2.41. The number of nitrogens with zero attached hydrogens (tertiary/aromatic N) is 1. The van der Waals surface area contributed by atoms with E-state index >= 15 is 0 Å². The lowest BCUT2D eigenvalue weighted by atomic mass is 10.1. The van der Waals surface area contributed by atoms with E-state index in [9.17, 15) is 4.79 Å². The molecular weight excluding hydrogens is 254 g/mol. The summed E-state index contributed by atoms with van der Waals surface area (Å²) in [7, 11) is 1.74. The molecule has 110 valence electrons. The zero-order chi connectivity index (χ0) is 14.5. The molecule has 0 unspecified atom stereocenters. The summed E-state index contributed by atoms with van der Waals surface area (Å²) in [6.45, 7) is 4.18. The topological polar surface area (TPSA) is 67.6 Å². The van der Waals surface area contributed by atoms with E-state index in [4.69, 9.17) is 10.5 Å². The average Bonchev–Trinajstić information content (AvgIpc) is 2.44. The van der Waals surface area contributed by atoms with E-state index in [0.29, 0.717) is 18.3 Å². The summed E-state index contributed by atoms with van der Waals surface area (Å²) in [5.41, 5.74) is 8.31. The van der Waals surface area contributed by atoms with Gasteiger partial charge in [0.2, 0.25) is 5.91 Å². The molecule has 0 spiro atoms. The van der Waals surface area contributed by atoms with Gasteiger partial charge in [0.05, 0.1) is 12.6 Å². The van der Waals surface area contributed by atoms with Crippen LogP contribution in [0.5, 0.6) is 0 Å². The number of piperidine rings is 1. The summed E-state index contributed by atoms with van der Waals surface area (Å²) in [5, 5.41) is 2.89. The number of carbonyl (C=O) groups is 1. The molecule has 1 fully saturated rings. The first-order valence-electron chi connectivity index (χ1n) is 6.99. The summed E-state index contributed by atoms with van der Waals surface area (Å²) in [6.07, 6.45) is 2.31. The fourth-order valence-corrected chi connectivity index (χ4v) is 2.42. The molecule has 0 aliphatic carbocycles. The highest BCUT2D eigenvalue weighted by Gasteiger charge is 2.20. The Morgan fingerprint density at radius 3 is 2.75 bits per heavy atom. The number of amides is 1. The van der Waals surface area contributed by atoms with Gasteiger partial charge in [-0.1, -0.05) is 6.07 Å². The fraction of sp³-hybridized carbons (Fsp3) is 0.533. The van der Waals surface area contributed by atoms with Crippen LogP contribution in [0.1, 0.15) is 18.4 Å². The van der Waals surface area contributed by atoms with Gasteiger partial charge in [-0.2, -0.15) is 0 Å². The van der Waals surface area contributed by atoms with E-state index < -0.39 is 0 Å². The number of likely N-dealkylation sites (tertiary alicyclic amines) is 1. The lowest BCUT2D eigenvalue weighted by Gasteiger charge is -2.30. The van der Waals surface area contributed by atoms with Crippen LogP contribution in [0.3, 0.4) is 0 Å². The SMILES string of the molecule is COC1CCN(CC(=O)Nc2ccc(C)c(N)c2)CC1. The molecule has 0 bridgehead atoms. The average molecular weight is 277 g/mol. The van der Waals surface area contributed by atoms with Crippen LogP contribution in [0.2, 0.25) is 0 Å². The first-order chi connectivity index (χ1) is 9.58. The van der Waals surface area contributed by atoms with Gasteiger partial charge >= 0.3 is 0 Å². The first kappa shape index (κ1) is 14.8. The second kappa shape index (κ2) is 6.72. The molecule has 0 saturated carbocycles. The number of aryl methyl sites for hydroxylation is 1. The number of hydrogen-bond acceptors (Lipinski definition) is 4. The number of ether oxygens (including phenoxy) is 1. The predicted octanol–water partition coefficient (Wildman–Crippen LogP) is 1.63. The van der Waals surface area contributed by atoms with Crippen molar-refractivity contribution in [2.75, 3.05) is 37.8 Å². The Morgan fingerprint density at radius 1 is 1.45 bits per heavy atom. The normalized spacial score (nSPS) is 17.1. The molecule has 1 aromatic rings. The minimum absolute atomic E-state index is 0.00381.